The lowest BCUT2D eigenvalue weighted by atomic mass is 10.1. The molecule has 0 unspecified atom stereocenters. The first-order valence-corrected chi connectivity index (χ1v) is 6.12. The fraction of sp³-hybridized carbons (Fsp3) is 0.385. The van der Waals surface area contributed by atoms with Crippen LogP contribution in [0.25, 0.3) is 0 Å². The van der Waals surface area contributed by atoms with Crippen LogP contribution in [0.4, 0.5) is 11.4 Å². The zero-order valence-corrected chi connectivity index (χ0v) is 12.0. The van der Waals surface area contributed by atoms with Gasteiger partial charge in [-0.25, -0.2) is 4.79 Å². The van der Waals surface area contributed by atoms with Crippen molar-refractivity contribution in [3.8, 4) is 0 Å². The maximum absolute atomic E-state index is 11.8. The van der Waals surface area contributed by atoms with Crippen molar-refractivity contribution in [3.63, 3.8) is 0 Å². The Morgan fingerprint density at radius 2 is 2.00 bits per heavy atom. The van der Waals surface area contributed by atoms with Gasteiger partial charge in [-0.3, -0.25) is 14.9 Å². The summed E-state index contributed by atoms with van der Waals surface area (Å²) in [7, 11) is 0. The summed E-state index contributed by atoms with van der Waals surface area (Å²) in [5.41, 5.74) is 4.74. The molecule has 21 heavy (non-hydrogen) atoms. The molecule has 0 aromatic heterocycles. The molecule has 114 valence electrons. The van der Waals surface area contributed by atoms with E-state index in [1.165, 1.54) is 12.1 Å². The van der Waals surface area contributed by atoms with Gasteiger partial charge in [0.25, 0.3) is 11.6 Å². The summed E-state index contributed by atoms with van der Waals surface area (Å²) in [4.78, 5) is 33.3. The number of hydrogen-bond donors (Lipinski definition) is 2. The van der Waals surface area contributed by atoms with Gasteiger partial charge in [0.05, 0.1) is 10.5 Å². The van der Waals surface area contributed by atoms with Gasteiger partial charge in [0, 0.05) is 23.4 Å². The van der Waals surface area contributed by atoms with Crippen LogP contribution >= 0.6 is 0 Å². The Balaban J connectivity index is 2.74. The molecule has 0 radical (unpaired) electrons. The number of amides is 1. The molecule has 0 aliphatic heterocycles. The van der Waals surface area contributed by atoms with Gasteiger partial charge in [0.1, 0.15) is 0 Å². The highest BCUT2D eigenvalue weighted by Crippen LogP contribution is 2.20. The van der Waals surface area contributed by atoms with E-state index in [0.29, 0.717) is 0 Å². The third kappa shape index (κ3) is 5.09. The van der Waals surface area contributed by atoms with E-state index in [9.17, 15) is 19.7 Å². The molecule has 1 rings (SSSR count). The van der Waals surface area contributed by atoms with E-state index in [2.05, 4.69) is 5.32 Å². The van der Waals surface area contributed by atoms with E-state index >= 15 is 0 Å². The van der Waals surface area contributed by atoms with E-state index in [1.807, 2.05) is 0 Å². The van der Waals surface area contributed by atoms with Crippen molar-refractivity contribution in [1.82, 2.24) is 5.32 Å². The van der Waals surface area contributed by atoms with E-state index in [-0.39, 0.29) is 16.9 Å². The SMILES string of the molecule is CC(C)(C)NC(=O)COC(=O)c1cc([N+](=O)[O-])ccc1N. The Morgan fingerprint density at radius 1 is 1.38 bits per heavy atom. The number of esters is 1. The molecule has 0 heterocycles. The monoisotopic (exact) mass is 295 g/mol. The summed E-state index contributed by atoms with van der Waals surface area (Å²) in [5, 5.41) is 13.3. The number of nitro groups is 1. The van der Waals surface area contributed by atoms with Crippen LogP contribution in [0.3, 0.4) is 0 Å². The van der Waals surface area contributed by atoms with Crippen LogP contribution in [0.2, 0.25) is 0 Å². The van der Waals surface area contributed by atoms with Crippen LogP contribution < -0.4 is 11.1 Å². The number of benzene rings is 1. The van der Waals surface area contributed by atoms with Crippen molar-refractivity contribution >= 4 is 23.3 Å². The Hall–Kier alpha value is -2.64. The number of anilines is 1. The van der Waals surface area contributed by atoms with Gasteiger partial charge >= 0.3 is 5.97 Å². The predicted octanol–water partition coefficient (Wildman–Crippen LogP) is 1.25. The van der Waals surface area contributed by atoms with Crippen LogP contribution in [0.1, 0.15) is 31.1 Å². The Morgan fingerprint density at radius 3 is 2.52 bits per heavy atom. The summed E-state index contributed by atoms with van der Waals surface area (Å²) in [6.07, 6.45) is 0. The topological polar surface area (TPSA) is 125 Å². The van der Waals surface area contributed by atoms with Crippen LogP contribution in [0.15, 0.2) is 18.2 Å². The average molecular weight is 295 g/mol. The molecule has 0 bridgehead atoms. The van der Waals surface area contributed by atoms with Crippen LogP contribution in [0.5, 0.6) is 0 Å². The van der Waals surface area contributed by atoms with E-state index in [4.69, 9.17) is 10.5 Å². The maximum Gasteiger partial charge on any atom is 0.341 e. The van der Waals surface area contributed by atoms with Crippen molar-refractivity contribution in [2.45, 2.75) is 26.3 Å². The molecule has 0 aliphatic rings. The molecule has 0 saturated heterocycles. The van der Waals surface area contributed by atoms with Gasteiger partial charge in [0.2, 0.25) is 0 Å². The number of hydrogen-bond acceptors (Lipinski definition) is 6. The minimum absolute atomic E-state index is 0.0434. The van der Waals surface area contributed by atoms with Crippen molar-refractivity contribution in [1.29, 1.82) is 0 Å². The van der Waals surface area contributed by atoms with Crippen molar-refractivity contribution in [2.75, 3.05) is 12.3 Å². The van der Waals surface area contributed by atoms with Gasteiger partial charge in [-0.05, 0) is 26.8 Å². The van der Waals surface area contributed by atoms with Gasteiger partial charge in [-0.15, -0.1) is 0 Å². The lowest BCUT2D eigenvalue weighted by molar-refractivity contribution is -0.384. The molecular weight excluding hydrogens is 278 g/mol. The third-order valence-electron chi connectivity index (χ3n) is 2.32. The average Bonchev–Trinajstić information content (AvgIpc) is 2.34. The second kappa shape index (κ2) is 6.21. The highest BCUT2D eigenvalue weighted by atomic mass is 16.6. The number of carbonyl (C=O) groups is 2. The molecule has 8 heteroatoms. The molecule has 8 nitrogen and oxygen atoms in total. The number of nitrogens with one attached hydrogen (secondary N) is 1. The first-order chi connectivity index (χ1) is 9.60. The van der Waals surface area contributed by atoms with E-state index in [0.717, 1.165) is 6.07 Å². The van der Waals surface area contributed by atoms with Crippen molar-refractivity contribution < 1.29 is 19.2 Å². The predicted molar refractivity (Wildman–Crippen MR) is 75.7 cm³/mol. The van der Waals surface area contributed by atoms with E-state index < -0.39 is 28.9 Å². The third-order valence-corrected chi connectivity index (χ3v) is 2.32. The number of rotatable bonds is 4. The van der Waals surface area contributed by atoms with Gasteiger partial charge in [0.15, 0.2) is 6.61 Å². The molecule has 0 fully saturated rings. The number of nitro benzene ring substituents is 1. The zero-order chi connectivity index (χ0) is 16.2. The Kier molecular flexibility index (Phi) is 4.85. The molecule has 1 amide bonds. The van der Waals surface area contributed by atoms with E-state index in [1.54, 1.807) is 20.8 Å². The van der Waals surface area contributed by atoms with Crippen molar-refractivity contribution in [2.24, 2.45) is 0 Å². The van der Waals surface area contributed by atoms with Crippen LogP contribution in [-0.4, -0.2) is 28.9 Å². The molecule has 1 aromatic carbocycles. The normalized spacial score (nSPS) is 10.8. The second-order valence-electron chi connectivity index (χ2n) is 5.40. The summed E-state index contributed by atoms with van der Waals surface area (Å²) in [6, 6.07) is 3.43. The molecule has 0 atom stereocenters. The quantitative estimate of drug-likeness (QED) is 0.373. The minimum Gasteiger partial charge on any atom is -0.452 e. The number of non-ortho nitro benzene ring substituents is 1. The van der Waals surface area contributed by atoms with Gasteiger partial charge in [-0.2, -0.15) is 0 Å². The molecule has 1 aromatic rings. The summed E-state index contributed by atoms with van der Waals surface area (Å²) < 4.78 is 4.80. The first kappa shape index (κ1) is 16.4. The highest BCUT2D eigenvalue weighted by molar-refractivity contribution is 5.97. The summed E-state index contributed by atoms with van der Waals surface area (Å²) >= 11 is 0. The number of ether oxygens (including phenoxy) is 1. The summed E-state index contributed by atoms with van der Waals surface area (Å²) in [5.74, 6) is -1.36. The van der Waals surface area contributed by atoms with Gasteiger partial charge < -0.3 is 15.8 Å². The zero-order valence-electron chi connectivity index (χ0n) is 12.0. The van der Waals surface area contributed by atoms with Gasteiger partial charge in [-0.1, -0.05) is 0 Å². The Bertz CT molecular complexity index is 578. The second-order valence-corrected chi connectivity index (χ2v) is 5.40. The Labute approximate surface area is 121 Å². The molecule has 0 saturated carbocycles. The smallest absolute Gasteiger partial charge is 0.341 e. The lowest BCUT2D eigenvalue weighted by Crippen LogP contribution is -2.42. The molecule has 3 N–H and O–H groups in total. The molecule has 0 spiro atoms. The summed E-state index contributed by atoms with van der Waals surface area (Å²) in [6.45, 7) is 4.86. The van der Waals surface area contributed by atoms with Crippen LogP contribution in [0, 0.1) is 10.1 Å². The minimum atomic E-state index is -0.889. The fourth-order valence-electron chi connectivity index (χ4n) is 1.50. The number of nitrogens with zero attached hydrogens (tertiary/aromatic N) is 1. The standard InChI is InChI=1S/C13H17N3O5/c1-13(2,3)15-11(17)7-21-12(18)9-6-8(16(19)20)4-5-10(9)14/h4-6H,7,14H2,1-3H3,(H,15,17). The largest absolute Gasteiger partial charge is 0.452 e. The number of nitrogens with two attached hydrogens (primary N) is 1. The molecule has 0 aliphatic carbocycles. The maximum atomic E-state index is 11.8. The van der Waals surface area contributed by atoms with Crippen molar-refractivity contribution in [3.05, 3.63) is 33.9 Å². The number of carbonyl (C=O) groups excluding carboxylic acids is 2. The molecular formula is C13H17N3O5. The first-order valence-electron chi connectivity index (χ1n) is 6.12. The fourth-order valence-corrected chi connectivity index (χ4v) is 1.50. The highest BCUT2D eigenvalue weighted by Gasteiger charge is 2.19. The lowest BCUT2D eigenvalue weighted by Gasteiger charge is -2.20. The number of nitrogen functional groups attached to an aromatic ring is 1. The van der Waals surface area contributed by atoms with Crippen LogP contribution in [-0.2, 0) is 9.53 Å².